The SMILES string of the molecule is CS(=O)(=O)CCN(Cc1ccc(F)cc1)c1ccc(S(C)(=O)=O)cn1. The van der Waals surface area contributed by atoms with Crippen molar-refractivity contribution < 1.29 is 21.2 Å². The molecule has 1 heterocycles. The number of benzene rings is 1. The average molecular weight is 386 g/mol. The predicted molar refractivity (Wildman–Crippen MR) is 94.5 cm³/mol. The van der Waals surface area contributed by atoms with Crippen LogP contribution in [0.25, 0.3) is 0 Å². The molecule has 0 aliphatic rings. The second kappa shape index (κ2) is 7.49. The van der Waals surface area contributed by atoms with Gasteiger partial charge in [-0.1, -0.05) is 12.1 Å². The molecule has 0 unspecified atom stereocenters. The van der Waals surface area contributed by atoms with Crippen molar-refractivity contribution in [3.8, 4) is 0 Å². The van der Waals surface area contributed by atoms with Crippen LogP contribution in [-0.4, -0.2) is 46.6 Å². The van der Waals surface area contributed by atoms with E-state index in [0.717, 1.165) is 18.1 Å². The lowest BCUT2D eigenvalue weighted by Crippen LogP contribution is -2.29. The first-order valence-corrected chi connectivity index (χ1v) is 11.3. The van der Waals surface area contributed by atoms with Crippen molar-refractivity contribution >= 4 is 25.5 Å². The fraction of sp³-hybridized carbons (Fsp3) is 0.312. The van der Waals surface area contributed by atoms with Gasteiger partial charge in [0.25, 0.3) is 0 Å². The number of rotatable bonds is 7. The topological polar surface area (TPSA) is 84.4 Å². The summed E-state index contributed by atoms with van der Waals surface area (Å²) in [6.45, 7) is 0.502. The molecule has 0 spiro atoms. The number of anilines is 1. The number of sulfone groups is 2. The lowest BCUT2D eigenvalue weighted by atomic mass is 10.2. The highest BCUT2D eigenvalue weighted by atomic mass is 32.2. The lowest BCUT2D eigenvalue weighted by Gasteiger charge is -2.23. The second-order valence-corrected chi connectivity index (χ2v) is 10.1. The van der Waals surface area contributed by atoms with Gasteiger partial charge in [0.15, 0.2) is 9.84 Å². The zero-order chi connectivity index (χ0) is 18.7. The molecule has 0 aliphatic heterocycles. The molecule has 0 saturated heterocycles. The molecular formula is C16H19FN2O4S2. The Balaban J connectivity index is 2.28. The zero-order valence-corrected chi connectivity index (χ0v) is 15.5. The van der Waals surface area contributed by atoms with E-state index in [-0.39, 0.29) is 23.0 Å². The Morgan fingerprint density at radius 1 is 1.00 bits per heavy atom. The summed E-state index contributed by atoms with van der Waals surface area (Å²) in [5, 5.41) is 0. The third-order valence-electron chi connectivity index (χ3n) is 3.49. The molecule has 0 radical (unpaired) electrons. The first-order chi connectivity index (χ1) is 11.5. The standard InChI is InChI=1S/C16H19FN2O4S2/c1-24(20,21)10-9-19(12-13-3-5-14(17)6-4-13)16-8-7-15(11-18-16)25(2,22)23/h3-8,11H,9-10,12H2,1-2H3. The number of aromatic nitrogens is 1. The van der Waals surface area contributed by atoms with Gasteiger partial charge in [-0.15, -0.1) is 0 Å². The molecule has 6 nitrogen and oxygen atoms in total. The number of pyridine rings is 1. The van der Waals surface area contributed by atoms with E-state index in [1.54, 1.807) is 17.0 Å². The molecule has 0 atom stereocenters. The van der Waals surface area contributed by atoms with E-state index in [2.05, 4.69) is 4.98 Å². The van der Waals surface area contributed by atoms with Gasteiger partial charge < -0.3 is 4.90 Å². The molecule has 0 amide bonds. The molecule has 0 saturated carbocycles. The lowest BCUT2D eigenvalue weighted by molar-refractivity contribution is 0.599. The van der Waals surface area contributed by atoms with E-state index in [1.807, 2.05) is 0 Å². The van der Waals surface area contributed by atoms with Crippen LogP contribution in [0.1, 0.15) is 5.56 Å². The van der Waals surface area contributed by atoms with Gasteiger partial charge in [0.2, 0.25) is 0 Å². The van der Waals surface area contributed by atoms with Gasteiger partial charge in [-0.3, -0.25) is 0 Å². The highest BCUT2D eigenvalue weighted by Gasteiger charge is 2.14. The normalized spacial score (nSPS) is 12.1. The minimum Gasteiger partial charge on any atom is -0.351 e. The Kier molecular flexibility index (Phi) is 5.79. The fourth-order valence-electron chi connectivity index (χ4n) is 2.14. The van der Waals surface area contributed by atoms with Gasteiger partial charge in [-0.05, 0) is 29.8 Å². The van der Waals surface area contributed by atoms with E-state index in [0.29, 0.717) is 12.4 Å². The van der Waals surface area contributed by atoms with Crippen LogP contribution >= 0.6 is 0 Å². The maximum Gasteiger partial charge on any atom is 0.177 e. The molecule has 0 N–H and O–H groups in total. The van der Waals surface area contributed by atoms with Crippen molar-refractivity contribution in [1.82, 2.24) is 4.98 Å². The second-order valence-electron chi connectivity index (χ2n) is 5.80. The predicted octanol–water partition coefficient (Wildman–Crippen LogP) is 1.68. The number of halogens is 1. The summed E-state index contributed by atoms with van der Waals surface area (Å²) in [5.41, 5.74) is 0.781. The van der Waals surface area contributed by atoms with E-state index in [9.17, 15) is 21.2 Å². The molecule has 136 valence electrons. The molecule has 9 heteroatoms. The molecule has 0 fully saturated rings. The van der Waals surface area contributed by atoms with E-state index in [1.165, 1.54) is 30.5 Å². The largest absolute Gasteiger partial charge is 0.351 e. The van der Waals surface area contributed by atoms with Crippen LogP contribution in [0.4, 0.5) is 10.2 Å². The van der Waals surface area contributed by atoms with Crippen LogP contribution in [0.15, 0.2) is 47.5 Å². The van der Waals surface area contributed by atoms with Gasteiger partial charge >= 0.3 is 0 Å². The van der Waals surface area contributed by atoms with Gasteiger partial charge in [-0.25, -0.2) is 26.2 Å². The number of hydrogen-bond donors (Lipinski definition) is 0. The molecule has 2 aromatic rings. The quantitative estimate of drug-likeness (QED) is 0.720. The monoisotopic (exact) mass is 386 g/mol. The van der Waals surface area contributed by atoms with Crippen LogP contribution < -0.4 is 4.90 Å². The zero-order valence-electron chi connectivity index (χ0n) is 13.9. The molecule has 1 aromatic carbocycles. The smallest absolute Gasteiger partial charge is 0.177 e. The number of nitrogens with zero attached hydrogens (tertiary/aromatic N) is 2. The Morgan fingerprint density at radius 2 is 1.64 bits per heavy atom. The van der Waals surface area contributed by atoms with Gasteiger partial charge in [0.05, 0.1) is 10.6 Å². The molecule has 0 aliphatic carbocycles. The van der Waals surface area contributed by atoms with Crippen LogP contribution in [0.5, 0.6) is 0 Å². The highest BCUT2D eigenvalue weighted by molar-refractivity contribution is 7.91. The summed E-state index contributed by atoms with van der Waals surface area (Å²) < 4.78 is 59.0. The summed E-state index contributed by atoms with van der Waals surface area (Å²) in [7, 11) is -6.55. The van der Waals surface area contributed by atoms with E-state index < -0.39 is 19.7 Å². The first kappa shape index (κ1) is 19.3. The minimum atomic E-state index is -3.36. The summed E-state index contributed by atoms with van der Waals surface area (Å²) >= 11 is 0. The third kappa shape index (κ3) is 6.09. The molecule has 1 aromatic heterocycles. The van der Waals surface area contributed by atoms with Crippen molar-refractivity contribution in [3.63, 3.8) is 0 Å². The molecular weight excluding hydrogens is 367 g/mol. The van der Waals surface area contributed by atoms with Crippen LogP contribution in [0.3, 0.4) is 0 Å². The summed E-state index contributed by atoms with van der Waals surface area (Å²) in [5.74, 6) is 0.00593. The summed E-state index contributed by atoms with van der Waals surface area (Å²) in [6.07, 6.45) is 3.47. The Hall–Kier alpha value is -2.00. The van der Waals surface area contributed by atoms with Crippen molar-refractivity contribution in [2.45, 2.75) is 11.4 Å². The van der Waals surface area contributed by atoms with E-state index >= 15 is 0 Å². The number of hydrogen-bond acceptors (Lipinski definition) is 6. The highest BCUT2D eigenvalue weighted by Crippen LogP contribution is 2.17. The minimum absolute atomic E-state index is 0.0797. The summed E-state index contributed by atoms with van der Waals surface area (Å²) in [6, 6.07) is 8.81. The third-order valence-corrected chi connectivity index (χ3v) is 5.51. The maximum atomic E-state index is 13.0. The summed E-state index contributed by atoms with van der Waals surface area (Å²) in [4.78, 5) is 5.93. The van der Waals surface area contributed by atoms with Gasteiger partial charge in [0.1, 0.15) is 21.5 Å². The van der Waals surface area contributed by atoms with Crippen molar-refractivity contribution in [2.75, 3.05) is 29.7 Å². The van der Waals surface area contributed by atoms with Crippen molar-refractivity contribution in [3.05, 3.63) is 54.0 Å². The van der Waals surface area contributed by atoms with Crippen LogP contribution in [0.2, 0.25) is 0 Å². The molecule has 25 heavy (non-hydrogen) atoms. The molecule has 2 rings (SSSR count). The Bertz CT molecular complexity index is 925. The average Bonchev–Trinajstić information content (AvgIpc) is 2.52. The van der Waals surface area contributed by atoms with Crippen LogP contribution in [0, 0.1) is 5.82 Å². The van der Waals surface area contributed by atoms with Crippen molar-refractivity contribution in [2.24, 2.45) is 0 Å². The van der Waals surface area contributed by atoms with E-state index in [4.69, 9.17) is 0 Å². The van der Waals surface area contributed by atoms with Gasteiger partial charge in [-0.2, -0.15) is 0 Å². The Labute approximate surface area is 147 Å². The van der Waals surface area contributed by atoms with Crippen molar-refractivity contribution in [1.29, 1.82) is 0 Å². The first-order valence-electron chi connectivity index (χ1n) is 7.38. The fourth-order valence-corrected chi connectivity index (χ4v) is 3.25. The Morgan fingerprint density at radius 3 is 2.12 bits per heavy atom. The van der Waals surface area contributed by atoms with Gasteiger partial charge in [0, 0.05) is 31.8 Å². The van der Waals surface area contributed by atoms with Crippen LogP contribution in [-0.2, 0) is 26.2 Å². The maximum absolute atomic E-state index is 13.0. The molecule has 0 bridgehead atoms.